The third-order valence-corrected chi connectivity index (χ3v) is 4.58. The molecule has 0 aromatic heterocycles. The smallest absolute Gasteiger partial charge is 0.325 e. The highest BCUT2D eigenvalue weighted by atomic mass is 32.2. The molecule has 0 unspecified atom stereocenters. The van der Waals surface area contributed by atoms with Crippen molar-refractivity contribution in [3.05, 3.63) is 63.7 Å². The van der Waals surface area contributed by atoms with Crippen LogP contribution in [0.1, 0.15) is 18.1 Å². The van der Waals surface area contributed by atoms with Crippen LogP contribution < -0.4 is 5.32 Å². The topological polar surface area (TPSA) is 72.2 Å². The van der Waals surface area contributed by atoms with Gasteiger partial charge in [0.25, 0.3) is 5.69 Å². The zero-order valence-corrected chi connectivity index (χ0v) is 14.5. The zero-order valence-electron chi connectivity index (χ0n) is 13.7. The minimum Gasteiger partial charge on any atom is -0.325 e. The van der Waals surface area contributed by atoms with Crippen molar-refractivity contribution in [3.8, 4) is 0 Å². The molecule has 0 aliphatic rings. The SMILES string of the molecule is CCc1ccccc1NC(=O)CSc1ccc(C(F)(F)F)cc1[N+](=O)[O-]. The molecule has 0 aliphatic carbocycles. The number of para-hydroxylation sites is 1. The van der Waals surface area contributed by atoms with Crippen LogP contribution in [0.4, 0.5) is 24.5 Å². The van der Waals surface area contributed by atoms with E-state index in [1.165, 1.54) is 0 Å². The number of alkyl halides is 3. The number of thioether (sulfide) groups is 1. The summed E-state index contributed by atoms with van der Waals surface area (Å²) in [6.45, 7) is 1.94. The Hall–Kier alpha value is -2.55. The fraction of sp³-hybridized carbons (Fsp3) is 0.235. The van der Waals surface area contributed by atoms with E-state index in [1.807, 2.05) is 19.1 Å². The summed E-state index contributed by atoms with van der Waals surface area (Å²) in [5.74, 6) is -0.561. The van der Waals surface area contributed by atoms with Gasteiger partial charge in [0.05, 0.1) is 21.1 Å². The average molecular weight is 384 g/mol. The van der Waals surface area contributed by atoms with Gasteiger partial charge in [-0.25, -0.2) is 0 Å². The number of carbonyl (C=O) groups is 1. The van der Waals surface area contributed by atoms with Crippen LogP contribution in [0.5, 0.6) is 0 Å². The van der Waals surface area contributed by atoms with Gasteiger partial charge in [-0.1, -0.05) is 25.1 Å². The van der Waals surface area contributed by atoms with Crippen molar-refractivity contribution in [2.24, 2.45) is 0 Å². The molecule has 0 aliphatic heterocycles. The maximum Gasteiger partial charge on any atom is 0.416 e. The van der Waals surface area contributed by atoms with Crippen LogP contribution in [0.15, 0.2) is 47.4 Å². The molecule has 26 heavy (non-hydrogen) atoms. The molecule has 2 rings (SSSR count). The number of nitrogens with zero attached hydrogens (tertiary/aromatic N) is 1. The molecule has 0 radical (unpaired) electrons. The van der Waals surface area contributed by atoms with Crippen LogP contribution in [0, 0.1) is 10.1 Å². The standard InChI is InChI=1S/C17H15F3N2O3S/c1-2-11-5-3-4-6-13(11)21-16(23)10-26-15-8-7-12(17(18,19)20)9-14(15)22(24)25/h3-9H,2,10H2,1H3,(H,21,23). The van der Waals surface area contributed by atoms with Crippen LogP contribution in [0.2, 0.25) is 0 Å². The van der Waals surface area contributed by atoms with E-state index >= 15 is 0 Å². The van der Waals surface area contributed by atoms with E-state index in [0.29, 0.717) is 18.2 Å². The number of halogens is 3. The van der Waals surface area contributed by atoms with Crippen molar-refractivity contribution in [1.29, 1.82) is 0 Å². The predicted octanol–water partition coefficient (Wildman–Crippen LogP) is 4.91. The van der Waals surface area contributed by atoms with Gasteiger partial charge in [-0.05, 0) is 30.2 Å². The number of rotatable bonds is 6. The van der Waals surface area contributed by atoms with Gasteiger partial charge in [-0.15, -0.1) is 11.8 Å². The maximum atomic E-state index is 12.7. The Morgan fingerprint density at radius 2 is 1.92 bits per heavy atom. The first-order valence-corrected chi connectivity index (χ1v) is 8.57. The molecule has 138 valence electrons. The van der Waals surface area contributed by atoms with E-state index in [-0.39, 0.29) is 10.6 Å². The average Bonchev–Trinajstić information content (AvgIpc) is 2.59. The summed E-state index contributed by atoms with van der Waals surface area (Å²) < 4.78 is 38.1. The Kier molecular flexibility index (Phi) is 6.25. The van der Waals surface area contributed by atoms with Crippen molar-refractivity contribution in [1.82, 2.24) is 0 Å². The molecule has 1 amide bonds. The van der Waals surface area contributed by atoms with Gasteiger partial charge in [0.2, 0.25) is 5.91 Å². The number of hydrogen-bond donors (Lipinski definition) is 1. The van der Waals surface area contributed by atoms with Crippen LogP contribution in [-0.4, -0.2) is 16.6 Å². The molecule has 1 N–H and O–H groups in total. The molecular formula is C17H15F3N2O3S. The molecule has 5 nitrogen and oxygen atoms in total. The number of benzene rings is 2. The van der Waals surface area contributed by atoms with Gasteiger partial charge in [0.15, 0.2) is 0 Å². The van der Waals surface area contributed by atoms with E-state index in [9.17, 15) is 28.1 Å². The van der Waals surface area contributed by atoms with Crippen molar-refractivity contribution < 1.29 is 22.9 Å². The summed E-state index contributed by atoms with van der Waals surface area (Å²) in [5, 5.41) is 13.8. The summed E-state index contributed by atoms with van der Waals surface area (Å²) in [5.41, 5.74) is -0.199. The molecule has 0 heterocycles. The molecule has 9 heteroatoms. The lowest BCUT2D eigenvalue weighted by molar-refractivity contribution is -0.388. The van der Waals surface area contributed by atoms with E-state index in [4.69, 9.17) is 0 Å². The number of nitrogens with one attached hydrogen (secondary N) is 1. The Bertz CT molecular complexity index is 825. The monoisotopic (exact) mass is 384 g/mol. The summed E-state index contributed by atoms with van der Waals surface area (Å²) >= 11 is 0.814. The number of amides is 1. The Morgan fingerprint density at radius 3 is 2.54 bits per heavy atom. The largest absolute Gasteiger partial charge is 0.416 e. The lowest BCUT2D eigenvalue weighted by Crippen LogP contribution is -2.15. The van der Waals surface area contributed by atoms with Gasteiger partial charge in [0.1, 0.15) is 0 Å². The fourth-order valence-electron chi connectivity index (χ4n) is 2.24. The molecule has 0 spiro atoms. The summed E-state index contributed by atoms with van der Waals surface area (Å²) in [6, 6.07) is 9.47. The van der Waals surface area contributed by atoms with Crippen LogP contribution in [0.3, 0.4) is 0 Å². The van der Waals surface area contributed by atoms with Crippen LogP contribution in [0.25, 0.3) is 0 Å². The van der Waals surface area contributed by atoms with E-state index in [2.05, 4.69) is 5.32 Å². The molecule has 0 bridgehead atoms. The van der Waals surface area contributed by atoms with Gasteiger partial charge >= 0.3 is 6.18 Å². The van der Waals surface area contributed by atoms with Gasteiger partial charge in [0, 0.05) is 11.8 Å². The Balaban J connectivity index is 2.11. The minimum absolute atomic E-state index is 0.00178. The van der Waals surface area contributed by atoms with E-state index < -0.39 is 28.3 Å². The highest BCUT2D eigenvalue weighted by molar-refractivity contribution is 8.00. The molecular weight excluding hydrogens is 369 g/mol. The Morgan fingerprint density at radius 1 is 1.23 bits per heavy atom. The third kappa shape index (κ3) is 4.98. The minimum atomic E-state index is -4.67. The second kappa shape index (κ2) is 8.22. The zero-order chi connectivity index (χ0) is 19.3. The van der Waals surface area contributed by atoms with Crippen molar-refractivity contribution in [2.45, 2.75) is 24.4 Å². The number of nitro benzene ring substituents is 1. The summed E-state index contributed by atoms with van der Waals surface area (Å²) in [6.07, 6.45) is -3.96. The third-order valence-electron chi connectivity index (χ3n) is 3.51. The summed E-state index contributed by atoms with van der Waals surface area (Å²) in [4.78, 5) is 22.2. The number of hydrogen-bond acceptors (Lipinski definition) is 4. The van der Waals surface area contributed by atoms with Gasteiger partial charge in [-0.2, -0.15) is 13.2 Å². The highest BCUT2D eigenvalue weighted by Crippen LogP contribution is 2.36. The maximum absolute atomic E-state index is 12.7. The lowest BCUT2D eigenvalue weighted by Gasteiger charge is -2.10. The normalized spacial score (nSPS) is 11.2. The van der Waals surface area contributed by atoms with E-state index in [1.54, 1.807) is 12.1 Å². The number of anilines is 1. The molecule has 0 fully saturated rings. The van der Waals surface area contributed by atoms with Crippen LogP contribution >= 0.6 is 11.8 Å². The molecule has 0 saturated heterocycles. The second-order valence-electron chi connectivity index (χ2n) is 5.28. The van der Waals surface area contributed by atoms with Crippen molar-refractivity contribution in [3.63, 3.8) is 0 Å². The number of aryl methyl sites for hydroxylation is 1. The first-order chi connectivity index (χ1) is 12.2. The van der Waals surface area contributed by atoms with Crippen LogP contribution in [-0.2, 0) is 17.4 Å². The van der Waals surface area contributed by atoms with Crippen molar-refractivity contribution in [2.75, 3.05) is 11.1 Å². The fourth-order valence-corrected chi connectivity index (χ4v) is 3.04. The van der Waals surface area contributed by atoms with Gasteiger partial charge in [-0.3, -0.25) is 14.9 Å². The molecule has 0 atom stereocenters. The second-order valence-corrected chi connectivity index (χ2v) is 6.30. The highest BCUT2D eigenvalue weighted by Gasteiger charge is 2.33. The molecule has 0 saturated carbocycles. The first kappa shape index (κ1) is 19.8. The molecule has 2 aromatic carbocycles. The first-order valence-electron chi connectivity index (χ1n) is 7.58. The van der Waals surface area contributed by atoms with Gasteiger partial charge < -0.3 is 5.32 Å². The predicted molar refractivity (Wildman–Crippen MR) is 93.3 cm³/mol. The Labute approximate surface area is 151 Å². The number of nitro groups is 1. The number of carbonyl (C=O) groups excluding carboxylic acids is 1. The molecule has 2 aromatic rings. The van der Waals surface area contributed by atoms with E-state index in [0.717, 1.165) is 29.5 Å². The quantitative estimate of drug-likeness (QED) is 0.436. The summed E-state index contributed by atoms with van der Waals surface area (Å²) in [7, 11) is 0. The van der Waals surface area contributed by atoms with Crippen molar-refractivity contribution >= 4 is 29.0 Å². The lowest BCUT2D eigenvalue weighted by atomic mass is 10.1.